The highest BCUT2D eigenvalue weighted by Gasteiger charge is 2.41. The summed E-state index contributed by atoms with van der Waals surface area (Å²) in [5.41, 5.74) is 1.19. The Hall–Kier alpha value is -2.59. The lowest BCUT2D eigenvalue weighted by atomic mass is 10.1. The summed E-state index contributed by atoms with van der Waals surface area (Å²) in [6.45, 7) is 1.44. The van der Waals surface area contributed by atoms with Crippen molar-refractivity contribution in [3.63, 3.8) is 0 Å². The minimum Gasteiger partial charge on any atom is -0.467 e. The first-order valence-electron chi connectivity index (χ1n) is 6.33. The van der Waals surface area contributed by atoms with Gasteiger partial charge in [-0.15, -0.1) is 0 Å². The zero-order valence-corrected chi connectivity index (χ0v) is 12.7. The lowest BCUT2D eigenvalue weighted by molar-refractivity contribution is -0.148. The lowest BCUT2D eigenvalue weighted by Crippen LogP contribution is -2.42. The highest BCUT2D eigenvalue weighted by atomic mass is 32.2. The van der Waals surface area contributed by atoms with Crippen molar-refractivity contribution >= 4 is 35.0 Å². The first-order valence-corrected chi connectivity index (χ1v) is 7.14. The Morgan fingerprint density at radius 3 is 2.55 bits per heavy atom. The average molecular weight is 316 g/mol. The van der Waals surface area contributed by atoms with Crippen LogP contribution in [0.15, 0.2) is 29.2 Å². The molecule has 1 aromatic rings. The molecule has 6 nitrogen and oxygen atoms in total. The molecular weight excluding hydrogens is 304 g/mol. The summed E-state index contributed by atoms with van der Waals surface area (Å²) in [5.74, 6) is -1.18. The molecule has 7 heteroatoms. The maximum Gasteiger partial charge on any atom is 0.328 e. The fraction of sp³-hybridized carbons (Fsp3) is 0.200. The molecule has 0 N–H and O–H groups in total. The lowest BCUT2D eigenvalue weighted by Gasteiger charge is -2.18. The van der Waals surface area contributed by atoms with Gasteiger partial charge in [-0.05, 0) is 42.5 Å². The van der Waals surface area contributed by atoms with Gasteiger partial charge in [-0.25, -0.2) is 4.79 Å². The van der Waals surface area contributed by atoms with Gasteiger partial charge in [0.15, 0.2) is 0 Å². The van der Waals surface area contributed by atoms with Crippen molar-refractivity contribution in [3.05, 3.63) is 40.3 Å². The Morgan fingerprint density at radius 1 is 1.36 bits per heavy atom. The third kappa shape index (κ3) is 3.02. The fourth-order valence-corrected chi connectivity index (χ4v) is 2.80. The Morgan fingerprint density at radius 2 is 2.00 bits per heavy atom. The Bertz CT molecular complexity index is 703. The second kappa shape index (κ2) is 6.45. The first kappa shape index (κ1) is 15.8. The van der Waals surface area contributed by atoms with Gasteiger partial charge in [-0.1, -0.05) is 12.1 Å². The van der Waals surface area contributed by atoms with E-state index in [2.05, 4.69) is 4.74 Å². The van der Waals surface area contributed by atoms with Crippen LogP contribution in [0.25, 0.3) is 6.08 Å². The number of hydrogen-bond donors (Lipinski definition) is 0. The second-order valence-electron chi connectivity index (χ2n) is 4.48. The molecule has 0 spiro atoms. The summed E-state index contributed by atoms with van der Waals surface area (Å²) >= 11 is 0.769. The van der Waals surface area contributed by atoms with Crippen LogP contribution in [0.1, 0.15) is 18.1 Å². The molecule has 0 aliphatic carbocycles. The SMILES string of the molecule is COC(=O)C(C)N1C(=O)SC(=Cc2ccc(C#N)cc2)C1=O. The molecule has 0 bridgehead atoms. The van der Waals surface area contributed by atoms with Crippen molar-refractivity contribution < 1.29 is 19.1 Å². The molecule has 2 rings (SSSR count). The van der Waals surface area contributed by atoms with Crippen LogP contribution in [0, 0.1) is 11.3 Å². The van der Waals surface area contributed by atoms with Crippen molar-refractivity contribution in [1.29, 1.82) is 5.26 Å². The molecule has 1 heterocycles. The zero-order valence-electron chi connectivity index (χ0n) is 11.9. The molecule has 0 radical (unpaired) electrons. The summed E-state index contributed by atoms with van der Waals surface area (Å²) in [7, 11) is 1.20. The van der Waals surface area contributed by atoms with Crippen molar-refractivity contribution in [3.8, 4) is 6.07 Å². The van der Waals surface area contributed by atoms with Crippen molar-refractivity contribution in [1.82, 2.24) is 4.90 Å². The number of nitrogens with zero attached hydrogens (tertiary/aromatic N) is 2. The van der Waals surface area contributed by atoms with Crippen molar-refractivity contribution in [2.24, 2.45) is 0 Å². The molecule has 1 fully saturated rings. The maximum atomic E-state index is 12.3. The van der Waals surface area contributed by atoms with Crippen LogP contribution < -0.4 is 0 Å². The summed E-state index contributed by atoms with van der Waals surface area (Å²) in [4.78, 5) is 36.8. The molecule has 0 saturated carbocycles. The number of ether oxygens (including phenoxy) is 1. The molecule has 1 saturated heterocycles. The smallest absolute Gasteiger partial charge is 0.328 e. The van der Waals surface area contributed by atoms with Crippen LogP contribution in [0.2, 0.25) is 0 Å². The van der Waals surface area contributed by atoms with Crippen LogP contribution in [0.3, 0.4) is 0 Å². The fourth-order valence-electron chi connectivity index (χ4n) is 1.89. The number of amides is 2. The van der Waals surface area contributed by atoms with Crippen LogP contribution in [0.5, 0.6) is 0 Å². The van der Waals surface area contributed by atoms with E-state index in [4.69, 9.17) is 5.26 Å². The van der Waals surface area contributed by atoms with Gasteiger partial charge in [-0.3, -0.25) is 14.5 Å². The molecule has 0 aromatic heterocycles. The van der Waals surface area contributed by atoms with Gasteiger partial charge in [0, 0.05) is 0 Å². The highest BCUT2D eigenvalue weighted by molar-refractivity contribution is 8.18. The summed E-state index contributed by atoms with van der Waals surface area (Å²) in [6, 6.07) is 7.62. The molecule has 1 aromatic carbocycles. The number of hydrogen-bond acceptors (Lipinski definition) is 6. The zero-order chi connectivity index (χ0) is 16.3. The van der Waals surface area contributed by atoms with Gasteiger partial charge in [0.1, 0.15) is 6.04 Å². The van der Waals surface area contributed by atoms with Gasteiger partial charge in [0.05, 0.1) is 23.6 Å². The van der Waals surface area contributed by atoms with Gasteiger partial charge in [0.25, 0.3) is 11.1 Å². The number of methoxy groups -OCH3 is 1. The summed E-state index contributed by atoms with van der Waals surface area (Å²) in [5, 5.41) is 8.23. The van der Waals surface area contributed by atoms with E-state index in [0.717, 1.165) is 16.7 Å². The number of nitriles is 1. The van der Waals surface area contributed by atoms with E-state index >= 15 is 0 Å². The quantitative estimate of drug-likeness (QED) is 0.627. The minimum atomic E-state index is -0.968. The standard InChI is InChI=1S/C15H12N2O4S/c1-9(14(19)21-2)17-13(18)12(22-15(17)20)7-10-3-5-11(8-16)6-4-10/h3-7,9H,1-2H3. The van der Waals surface area contributed by atoms with E-state index < -0.39 is 23.2 Å². The number of thioether (sulfide) groups is 1. The third-order valence-corrected chi connectivity index (χ3v) is 3.97. The first-order chi connectivity index (χ1) is 10.5. The molecule has 1 atom stereocenters. The Balaban J connectivity index is 2.25. The molecule has 1 aliphatic rings. The maximum absolute atomic E-state index is 12.3. The average Bonchev–Trinajstić information content (AvgIpc) is 2.80. The van der Waals surface area contributed by atoms with E-state index in [-0.39, 0.29) is 4.91 Å². The molecule has 22 heavy (non-hydrogen) atoms. The van der Waals surface area contributed by atoms with Gasteiger partial charge >= 0.3 is 5.97 Å². The monoisotopic (exact) mass is 316 g/mol. The van der Waals surface area contributed by atoms with E-state index in [1.165, 1.54) is 14.0 Å². The number of imide groups is 1. The summed E-state index contributed by atoms with van der Waals surface area (Å²) in [6.07, 6.45) is 1.55. The van der Waals surface area contributed by atoms with E-state index in [0.29, 0.717) is 11.1 Å². The number of benzene rings is 1. The van der Waals surface area contributed by atoms with Crippen LogP contribution in [-0.4, -0.2) is 35.2 Å². The molecular formula is C15H12N2O4S. The van der Waals surface area contributed by atoms with E-state index in [1.54, 1.807) is 30.3 Å². The van der Waals surface area contributed by atoms with E-state index in [9.17, 15) is 14.4 Å². The molecule has 112 valence electrons. The molecule has 1 aliphatic heterocycles. The predicted octanol–water partition coefficient (Wildman–Crippen LogP) is 2.16. The molecule has 1 unspecified atom stereocenters. The number of carbonyl (C=O) groups is 3. The number of rotatable bonds is 3. The topological polar surface area (TPSA) is 87.5 Å². The Kier molecular flexibility index (Phi) is 4.63. The second-order valence-corrected chi connectivity index (χ2v) is 5.48. The van der Waals surface area contributed by atoms with Crippen LogP contribution in [-0.2, 0) is 14.3 Å². The Labute approximate surface area is 131 Å². The summed E-state index contributed by atoms with van der Waals surface area (Å²) < 4.78 is 4.56. The molecule has 2 amide bonds. The third-order valence-electron chi connectivity index (χ3n) is 3.09. The highest BCUT2D eigenvalue weighted by Crippen LogP contribution is 2.33. The van der Waals surface area contributed by atoms with E-state index in [1.807, 2.05) is 6.07 Å². The van der Waals surface area contributed by atoms with Crippen LogP contribution in [0.4, 0.5) is 4.79 Å². The number of esters is 1. The minimum absolute atomic E-state index is 0.227. The number of carbonyl (C=O) groups excluding carboxylic acids is 3. The van der Waals surface area contributed by atoms with Gasteiger partial charge < -0.3 is 4.74 Å². The van der Waals surface area contributed by atoms with Crippen LogP contribution >= 0.6 is 11.8 Å². The van der Waals surface area contributed by atoms with Crippen molar-refractivity contribution in [2.45, 2.75) is 13.0 Å². The van der Waals surface area contributed by atoms with Crippen molar-refractivity contribution in [2.75, 3.05) is 7.11 Å². The van der Waals surface area contributed by atoms with Gasteiger partial charge in [0.2, 0.25) is 0 Å². The largest absolute Gasteiger partial charge is 0.467 e. The normalized spacial score (nSPS) is 17.5. The van der Waals surface area contributed by atoms with Gasteiger partial charge in [-0.2, -0.15) is 5.26 Å². The predicted molar refractivity (Wildman–Crippen MR) is 80.4 cm³/mol.